The fourth-order valence-electron chi connectivity index (χ4n) is 2.27. The number of thiol groups is 1. The molecule has 17 heteroatoms. The molecule has 2 aromatic heterocycles. The number of methoxy groups -OCH3 is 4. The number of aliphatic carboxylic acids is 2. The molecule has 0 spiro atoms. The molecule has 2 N–H and O–H groups in total. The lowest BCUT2D eigenvalue weighted by molar-refractivity contribution is -0.138. The summed E-state index contributed by atoms with van der Waals surface area (Å²) in [6.07, 6.45) is 1.02. The summed E-state index contributed by atoms with van der Waals surface area (Å²) in [6, 6.07) is 2.93. The zero-order valence-electron chi connectivity index (χ0n) is 23.7. The molecule has 0 amide bonds. The Morgan fingerprint density at radius 1 is 0.775 bits per heavy atom. The summed E-state index contributed by atoms with van der Waals surface area (Å²) >= 11 is 4.90. The van der Waals surface area contributed by atoms with E-state index in [1.807, 2.05) is 27.7 Å². The van der Waals surface area contributed by atoms with Gasteiger partial charge in [0.2, 0.25) is 33.4 Å². The molecule has 226 valence electrons. The molecular weight excluding hydrogens is 588 g/mol. The number of sulfone groups is 1. The third-order valence-corrected chi connectivity index (χ3v) is 7.51. The van der Waals surface area contributed by atoms with Crippen molar-refractivity contribution in [3.8, 4) is 23.5 Å². The number of carbonyl (C=O) groups is 2. The highest BCUT2D eigenvalue weighted by molar-refractivity contribution is 8.00. The molecule has 0 saturated carbocycles. The standard InChI is InChI=1S/C11H16N2O4S.C7H10N2O4S.C5H10O2S/c1-6(2)9(10(14)15)18-11-12-7(16-3)5-8(13-11)17-4;1-12-5-4-6(13-2)9-7(8-5)14(3,10)11;1-3(2)4(8)5(6)7/h5-6,9H,1-4H3,(H,14,15);4H,1-3H3;3-4,8H,1-2H3,(H,6,7)/t9-;;4-/m1.1/s1. The second kappa shape index (κ2) is 17.6. The monoisotopic (exact) mass is 624 g/mol. The summed E-state index contributed by atoms with van der Waals surface area (Å²) < 4.78 is 41.9. The summed E-state index contributed by atoms with van der Waals surface area (Å²) in [5, 5.41) is 16.3. The number of carboxylic acid groups (broad SMARTS) is 2. The van der Waals surface area contributed by atoms with Gasteiger partial charge in [-0.25, -0.2) is 8.42 Å². The van der Waals surface area contributed by atoms with Crippen LogP contribution in [0.15, 0.2) is 22.4 Å². The first-order valence-electron chi connectivity index (χ1n) is 11.4. The van der Waals surface area contributed by atoms with Crippen molar-refractivity contribution in [2.45, 2.75) is 48.5 Å². The Morgan fingerprint density at radius 2 is 1.15 bits per heavy atom. The summed E-state index contributed by atoms with van der Waals surface area (Å²) in [7, 11) is 2.27. The maximum Gasteiger partial charge on any atom is 0.317 e. The van der Waals surface area contributed by atoms with Gasteiger partial charge in [-0.15, -0.1) is 0 Å². The van der Waals surface area contributed by atoms with Gasteiger partial charge < -0.3 is 29.2 Å². The number of ether oxygens (including phenoxy) is 4. The molecule has 0 aliphatic heterocycles. The second-order valence-electron chi connectivity index (χ2n) is 8.39. The molecule has 0 saturated heterocycles. The van der Waals surface area contributed by atoms with Crippen LogP contribution in [0.25, 0.3) is 0 Å². The number of hydrogen-bond donors (Lipinski definition) is 3. The average Bonchev–Trinajstić information content (AvgIpc) is 2.90. The zero-order chi connectivity index (χ0) is 31.2. The Labute approximate surface area is 243 Å². The minimum absolute atomic E-state index is 0.0340. The van der Waals surface area contributed by atoms with Crippen LogP contribution in [-0.4, -0.2) is 95.7 Å². The minimum atomic E-state index is -3.45. The van der Waals surface area contributed by atoms with E-state index in [0.717, 1.165) is 18.0 Å². The van der Waals surface area contributed by atoms with Crippen molar-refractivity contribution in [3.05, 3.63) is 12.1 Å². The summed E-state index contributed by atoms with van der Waals surface area (Å²) in [5.41, 5.74) is 0. The zero-order valence-corrected chi connectivity index (χ0v) is 26.2. The molecule has 0 radical (unpaired) electrons. The van der Waals surface area contributed by atoms with E-state index in [9.17, 15) is 18.0 Å². The molecule has 0 aliphatic carbocycles. The first-order valence-corrected chi connectivity index (χ1v) is 14.7. The second-order valence-corrected chi connectivity index (χ2v) is 12.0. The molecule has 2 atom stereocenters. The van der Waals surface area contributed by atoms with Crippen LogP contribution < -0.4 is 18.9 Å². The smallest absolute Gasteiger partial charge is 0.317 e. The van der Waals surface area contributed by atoms with Crippen molar-refractivity contribution in [2.75, 3.05) is 34.7 Å². The quantitative estimate of drug-likeness (QED) is 0.187. The van der Waals surface area contributed by atoms with Gasteiger partial charge in [0.15, 0.2) is 5.16 Å². The van der Waals surface area contributed by atoms with E-state index in [4.69, 9.17) is 29.2 Å². The average molecular weight is 625 g/mol. The molecule has 14 nitrogen and oxygen atoms in total. The van der Waals surface area contributed by atoms with Crippen molar-refractivity contribution in [1.29, 1.82) is 0 Å². The summed E-state index contributed by atoms with van der Waals surface area (Å²) in [5.74, 6) is -0.670. The molecule has 0 bridgehead atoms. The molecule has 0 fully saturated rings. The van der Waals surface area contributed by atoms with E-state index in [-0.39, 0.29) is 28.8 Å². The topological polar surface area (TPSA) is 197 Å². The third-order valence-electron chi connectivity index (χ3n) is 4.45. The first kappa shape index (κ1) is 37.0. The fourth-order valence-corrected chi connectivity index (χ4v) is 3.67. The molecule has 2 heterocycles. The number of thioether (sulfide) groups is 1. The third kappa shape index (κ3) is 13.3. The van der Waals surface area contributed by atoms with E-state index >= 15 is 0 Å². The largest absolute Gasteiger partial charge is 0.481 e. The van der Waals surface area contributed by atoms with Crippen LogP contribution in [0.4, 0.5) is 0 Å². The van der Waals surface area contributed by atoms with Crippen LogP contribution in [-0.2, 0) is 19.4 Å². The van der Waals surface area contributed by atoms with Crippen molar-refractivity contribution in [1.82, 2.24) is 19.9 Å². The van der Waals surface area contributed by atoms with Gasteiger partial charge in [-0.1, -0.05) is 39.5 Å². The number of rotatable bonds is 11. The van der Waals surface area contributed by atoms with Gasteiger partial charge >= 0.3 is 11.9 Å². The first-order chi connectivity index (χ1) is 18.5. The lowest BCUT2D eigenvalue weighted by atomic mass is 10.1. The summed E-state index contributed by atoms with van der Waals surface area (Å²) in [6.45, 7) is 7.32. The lowest BCUT2D eigenvalue weighted by Crippen LogP contribution is -2.22. The van der Waals surface area contributed by atoms with Gasteiger partial charge in [0.1, 0.15) is 10.5 Å². The fraction of sp³-hybridized carbons (Fsp3) is 0.565. The van der Waals surface area contributed by atoms with Crippen LogP contribution in [0.5, 0.6) is 23.5 Å². The van der Waals surface area contributed by atoms with Crippen LogP contribution >= 0.6 is 24.4 Å². The predicted octanol–water partition coefficient (Wildman–Crippen LogP) is 2.62. The van der Waals surface area contributed by atoms with Crippen molar-refractivity contribution < 1.29 is 47.2 Å². The highest BCUT2D eigenvalue weighted by atomic mass is 32.2. The highest BCUT2D eigenvalue weighted by Crippen LogP contribution is 2.28. The van der Waals surface area contributed by atoms with Crippen molar-refractivity contribution >= 4 is 46.2 Å². The Kier molecular flexibility index (Phi) is 16.3. The Bertz CT molecular complexity index is 1170. The Morgan fingerprint density at radius 3 is 1.38 bits per heavy atom. The summed E-state index contributed by atoms with van der Waals surface area (Å²) in [4.78, 5) is 36.7. The molecule has 0 unspecified atom stereocenters. The van der Waals surface area contributed by atoms with Crippen LogP contribution in [0.1, 0.15) is 27.7 Å². The van der Waals surface area contributed by atoms with E-state index in [1.165, 1.54) is 40.6 Å². The predicted molar refractivity (Wildman–Crippen MR) is 151 cm³/mol. The Balaban J connectivity index is 0.000000614. The molecule has 2 aromatic rings. The number of carboxylic acids is 2. The molecule has 0 aromatic carbocycles. The highest BCUT2D eigenvalue weighted by Gasteiger charge is 2.24. The van der Waals surface area contributed by atoms with Gasteiger partial charge in [0.25, 0.3) is 5.16 Å². The maximum absolute atomic E-state index is 11.1. The van der Waals surface area contributed by atoms with Gasteiger partial charge in [-0.3, -0.25) is 9.59 Å². The van der Waals surface area contributed by atoms with Crippen molar-refractivity contribution in [2.24, 2.45) is 11.8 Å². The lowest BCUT2D eigenvalue weighted by Gasteiger charge is -2.15. The Hall–Kier alpha value is -3.05. The van der Waals surface area contributed by atoms with Crippen molar-refractivity contribution in [3.63, 3.8) is 0 Å². The van der Waals surface area contributed by atoms with Gasteiger partial charge in [0, 0.05) is 6.26 Å². The molecular formula is C23H36N4O10S3. The molecule has 2 rings (SSSR count). The number of nitrogens with zero attached hydrogens (tertiary/aromatic N) is 4. The van der Waals surface area contributed by atoms with Gasteiger partial charge in [-0.2, -0.15) is 32.6 Å². The van der Waals surface area contributed by atoms with Gasteiger partial charge in [-0.05, 0) is 11.8 Å². The molecule has 0 aliphatic rings. The van der Waals surface area contributed by atoms with Gasteiger partial charge in [0.05, 0.1) is 40.6 Å². The normalized spacial score (nSPS) is 12.2. The van der Waals surface area contributed by atoms with Crippen LogP contribution in [0.3, 0.4) is 0 Å². The van der Waals surface area contributed by atoms with Crippen LogP contribution in [0.2, 0.25) is 0 Å². The van der Waals surface area contributed by atoms with E-state index in [1.54, 1.807) is 0 Å². The maximum atomic E-state index is 11.1. The molecule has 40 heavy (non-hydrogen) atoms. The van der Waals surface area contributed by atoms with Crippen LogP contribution in [0, 0.1) is 11.8 Å². The number of hydrogen-bond acceptors (Lipinski definition) is 14. The van der Waals surface area contributed by atoms with E-state index < -0.39 is 32.3 Å². The SMILES string of the molecule is CC(C)[C@@H](S)C(=O)O.COc1cc(OC)nc(S(C)(=O)=O)n1.COc1cc(OC)nc(S[C@@H](C(=O)O)C(C)C)n1. The minimum Gasteiger partial charge on any atom is -0.481 e. The van der Waals surface area contributed by atoms with E-state index in [0.29, 0.717) is 16.9 Å². The number of aromatic nitrogens is 4. The van der Waals surface area contributed by atoms with E-state index in [2.05, 4.69) is 32.6 Å².